The molecule has 0 saturated carbocycles. The fraction of sp³-hybridized carbons (Fsp3) is 0.364. The zero-order valence-electron chi connectivity index (χ0n) is 8.88. The number of hydrogen-bond donors (Lipinski definition) is 1. The zero-order valence-corrected chi connectivity index (χ0v) is 10.5. The van der Waals surface area contributed by atoms with Gasteiger partial charge in [0, 0.05) is 11.0 Å². The van der Waals surface area contributed by atoms with Crippen LogP contribution in [0.2, 0.25) is 0 Å². The number of rotatable bonds is 1. The van der Waals surface area contributed by atoms with E-state index in [0.29, 0.717) is 17.9 Å². The molecule has 1 aliphatic rings. The molecule has 0 atom stereocenters. The maximum Gasteiger partial charge on any atom is 0.338 e. The van der Waals surface area contributed by atoms with Crippen LogP contribution in [0.5, 0.6) is 5.75 Å². The number of esters is 1. The van der Waals surface area contributed by atoms with Crippen molar-refractivity contribution in [3.05, 3.63) is 22.2 Å². The number of benzene rings is 1. The SMILES string of the molecule is COC(=O)c1cc(Br)c2c(c1)OCCCN2. The Morgan fingerprint density at radius 2 is 2.38 bits per heavy atom. The first-order valence-electron chi connectivity index (χ1n) is 5.01. The van der Waals surface area contributed by atoms with Crippen LogP contribution in [0.15, 0.2) is 16.6 Å². The van der Waals surface area contributed by atoms with Gasteiger partial charge < -0.3 is 14.8 Å². The van der Waals surface area contributed by atoms with Crippen molar-refractivity contribution in [2.24, 2.45) is 0 Å². The van der Waals surface area contributed by atoms with Gasteiger partial charge >= 0.3 is 5.97 Å². The van der Waals surface area contributed by atoms with E-state index in [2.05, 4.69) is 26.0 Å². The summed E-state index contributed by atoms with van der Waals surface area (Å²) in [5.74, 6) is 0.323. The van der Waals surface area contributed by atoms with Crippen molar-refractivity contribution in [2.45, 2.75) is 6.42 Å². The first-order valence-corrected chi connectivity index (χ1v) is 5.80. The summed E-state index contributed by atoms with van der Waals surface area (Å²) in [5.41, 5.74) is 1.38. The molecule has 1 aliphatic heterocycles. The van der Waals surface area contributed by atoms with E-state index < -0.39 is 0 Å². The Bertz CT molecular complexity index is 420. The van der Waals surface area contributed by atoms with Crippen molar-refractivity contribution in [3.8, 4) is 5.75 Å². The van der Waals surface area contributed by atoms with Crippen LogP contribution in [-0.2, 0) is 4.74 Å². The van der Waals surface area contributed by atoms with E-state index in [1.54, 1.807) is 12.1 Å². The number of methoxy groups -OCH3 is 1. The summed E-state index contributed by atoms with van der Waals surface area (Å²) in [7, 11) is 1.36. The van der Waals surface area contributed by atoms with E-state index in [1.807, 2.05) is 0 Å². The lowest BCUT2D eigenvalue weighted by molar-refractivity contribution is 0.0600. The number of carbonyl (C=O) groups is 1. The third-order valence-electron chi connectivity index (χ3n) is 2.36. The van der Waals surface area contributed by atoms with Crippen LogP contribution in [0.1, 0.15) is 16.8 Å². The second-order valence-corrected chi connectivity index (χ2v) is 4.31. The van der Waals surface area contributed by atoms with Gasteiger partial charge in [-0.15, -0.1) is 0 Å². The van der Waals surface area contributed by atoms with Gasteiger partial charge in [-0.05, 0) is 34.5 Å². The van der Waals surface area contributed by atoms with Gasteiger partial charge in [-0.1, -0.05) is 0 Å². The van der Waals surface area contributed by atoms with Crippen molar-refractivity contribution >= 4 is 27.6 Å². The fourth-order valence-electron chi connectivity index (χ4n) is 1.57. The van der Waals surface area contributed by atoms with E-state index in [-0.39, 0.29) is 5.97 Å². The summed E-state index contributed by atoms with van der Waals surface area (Å²) in [6.45, 7) is 1.51. The van der Waals surface area contributed by atoms with E-state index >= 15 is 0 Å². The molecule has 5 heteroatoms. The number of carbonyl (C=O) groups excluding carboxylic acids is 1. The Morgan fingerprint density at radius 1 is 1.56 bits per heavy atom. The topological polar surface area (TPSA) is 47.6 Å². The minimum atomic E-state index is -0.364. The van der Waals surface area contributed by atoms with Crippen LogP contribution in [0.4, 0.5) is 5.69 Å². The smallest absolute Gasteiger partial charge is 0.338 e. The molecule has 16 heavy (non-hydrogen) atoms. The summed E-state index contributed by atoms with van der Waals surface area (Å²) < 4.78 is 11.1. The summed E-state index contributed by atoms with van der Waals surface area (Å²) in [5, 5.41) is 3.25. The lowest BCUT2D eigenvalue weighted by Crippen LogP contribution is -2.03. The van der Waals surface area contributed by atoms with Crippen LogP contribution in [-0.4, -0.2) is 26.2 Å². The molecule has 0 fully saturated rings. The van der Waals surface area contributed by atoms with E-state index in [4.69, 9.17) is 4.74 Å². The lowest BCUT2D eigenvalue weighted by atomic mass is 10.2. The minimum absolute atomic E-state index is 0.364. The monoisotopic (exact) mass is 285 g/mol. The standard InChI is InChI=1S/C11H12BrNO3/c1-15-11(14)7-5-8(12)10-9(6-7)16-4-2-3-13-10/h5-6,13H,2-4H2,1H3. The minimum Gasteiger partial charge on any atom is -0.491 e. The number of hydrogen-bond acceptors (Lipinski definition) is 4. The highest BCUT2D eigenvalue weighted by Crippen LogP contribution is 2.35. The molecule has 0 radical (unpaired) electrons. The second-order valence-electron chi connectivity index (χ2n) is 3.45. The largest absolute Gasteiger partial charge is 0.491 e. The van der Waals surface area contributed by atoms with Gasteiger partial charge in [0.05, 0.1) is 25.0 Å². The Labute approximate surface area is 102 Å². The second kappa shape index (κ2) is 4.74. The number of ether oxygens (including phenoxy) is 2. The molecular weight excluding hydrogens is 274 g/mol. The lowest BCUT2D eigenvalue weighted by Gasteiger charge is -2.11. The van der Waals surface area contributed by atoms with E-state index in [9.17, 15) is 4.79 Å². The van der Waals surface area contributed by atoms with Gasteiger partial charge in [-0.2, -0.15) is 0 Å². The number of nitrogens with one attached hydrogen (secondary N) is 1. The quantitative estimate of drug-likeness (QED) is 0.805. The predicted molar refractivity (Wildman–Crippen MR) is 64.1 cm³/mol. The summed E-state index contributed by atoms with van der Waals surface area (Å²) in [6, 6.07) is 3.43. The average Bonchev–Trinajstić information content (AvgIpc) is 2.53. The van der Waals surface area contributed by atoms with Crippen LogP contribution < -0.4 is 10.1 Å². The molecule has 0 bridgehead atoms. The van der Waals surface area contributed by atoms with E-state index in [1.165, 1.54) is 7.11 Å². The molecule has 0 aliphatic carbocycles. The highest BCUT2D eigenvalue weighted by atomic mass is 79.9. The molecule has 0 unspecified atom stereocenters. The van der Waals surface area contributed by atoms with Gasteiger partial charge in [0.2, 0.25) is 0 Å². The third-order valence-corrected chi connectivity index (χ3v) is 2.98. The first-order chi connectivity index (χ1) is 7.72. The van der Waals surface area contributed by atoms with Crippen molar-refractivity contribution in [3.63, 3.8) is 0 Å². The zero-order chi connectivity index (χ0) is 11.5. The van der Waals surface area contributed by atoms with Crippen LogP contribution in [0.25, 0.3) is 0 Å². The molecule has 0 amide bonds. The molecule has 0 spiro atoms. The van der Waals surface area contributed by atoms with Gasteiger partial charge in [0.25, 0.3) is 0 Å². The summed E-state index contributed by atoms with van der Waals surface area (Å²) >= 11 is 3.41. The van der Waals surface area contributed by atoms with Gasteiger partial charge in [-0.25, -0.2) is 4.79 Å². The van der Waals surface area contributed by atoms with Crippen LogP contribution in [0, 0.1) is 0 Å². The molecule has 4 nitrogen and oxygen atoms in total. The summed E-state index contributed by atoms with van der Waals surface area (Å²) in [6.07, 6.45) is 0.939. The fourth-order valence-corrected chi connectivity index (χ4v) is 2.15. The summed E-state index contributed by atoms with van der Waals surface area (Å²) in [4.78, 5) is 11.4. The maximum atomic E-state index is 11.4. The number of halogens is 1. The Hall–Kier alpha value is -1.23. The van der Waals surface area contributed by atoms with Crippen molar-refractivity contribution < 1.29 is 14.3 Å². The van der Waals surface area contributed by atoms with Crippen LogP contribution >= 0.6 is 15.9 Å². The molecule has 1 aromatic rings. The predicted octanol–water partition coefficient (Wildman–Crippen LogP) is 2.43. The first kappa shape index (κ1) is 11.3. The van der Waals surface area contributed by atoms with Gasteiger partial charge in [0.15, 0.2) is 0 Å². The molecule has 0 saturated heterocycles. The highest BCUT2D eigenvalue weighted by molar-refractivity contribution is 9.10. The molecule has 86 valence electrons. The number of fused-ring (bicyclic) bond motifs is 1. The molecule has 0 aromatic heterocycles. The molecular formula is C11H12BrNO3. The molecule has 2 rings (SSSR count). The normalized spacial score (nSPS) is 14.1. The van der Waals surface area contributed by atoms with Crippen molar-refractivity contribution in [2.75, 3.05) is 25.6 Å². The molecule has 1 aromatic carbocycles. The highest BCUT2D eigenvalue weighted by Gasteiger charge is 2.16. The van der Waals surface area contributed by atoms with Crippen molar-refractivity contribution in [1.82, 2.24) is 0 Å². The maximum absolute atomic E-state index is 11.4. The van der Waals surface area contributed by atoms with Gasteiger partial charge in [-0.3, -0.25) is 0 Å². The molecule has 1 heterocycles. The van der Waals surface area contributed by atoms with E-state index in [0.717, 1.165) is 23.1 Å². The third kappa shape index (κ3) is 2.14. The Balaban J connectivity index is 2.43. The van der Waals surface area contributed by atoms with Crippen molar-refractivity contribution in [1.29, 1.82) is 0 Å². The average molecular weight is 286 g/mol. The van der Waals surface area contributed by atoms with Crippen LogP contribution in [0.3, 0.4) is 0 Å². The Morgan fingerprint density at radius 3 is 3.12 bits per heavy atom. The number of anilines is 1. The molecule has 1 N–H and O–H groups in total. The van der Waals surface area contributed by atoms with Gasteiger partial charge in [0.1, 0.15) is 5.75 Å². The Kier molecular flexibility index (Phi) is 3.33.